The fourth-order valence-corrected chi connectivity index (χ4v) is 3.09. The van der Waals surface area contributed by atoms with Crippen LogP contribution in [0.5, 0.6) is 0 Å². The van der Waals surface area contributed by atoms with Crippen LogP contribution in [-0.2, 0) is 14.8 Å². The highest BCUT2D eigenvalue weighted by Crippen LogP contribution is 2.23. The van der Waals surface area contributed by atoms with Gasteiger partial charge in [-0.05, 0) is 18.6 Å². The van der Waals surface area contributed by atoms with Gasteiger partial charge in [0.05, 0.1) is 17.6 Å². The van der Waals surface area contributed by atoms with Crippen molar-refractivity contribution in [3.05, 3.63) is 29.8 Å². The van der Waals surface area contributed by atoms with Gasteiger partial charge in [-0.2, -0.15) is 0 Å². The maximum atomic E-state index is 12.1. The highest BCUT2D eigenvalue weighted by atomic mass is 32.2. The van der Waals surface area contributed by atoms with Crippen molar-refractivity contribution in [2.75, 3.05) is 7.11 Å². The predicted octanol–water partition coefficient (Wildman–Crippen LogP) is -0.149. The first-order valence-corrected chi connectivity index (χ1v) is 6.89. The lowest BCUT2D eigenvalue weighted by atomic mass is 10.2. The normalized spacial score (nSPS) is 22.6. The van der Waals surface area contributed by atoms with Crippen molar-refractivity contribution in [1.29, 1.82) is 0 Å². The zero-order valence-corrected chi connectivity index (χ0v) is 10.6. The molecule has 18 heavy (non-hydrogen) atoms. The molecule has 98 valence electrons. The number of benzene rings is 1. The Morgan fingerprint density at radius 2 is 2.06 bits per heavy atom. The standard InChI is InChI=1S/C11H14N2O4S/c1-17-11(14)7-4-2-3-5-10(7)18(15,16)13-9-6-8(9)12/h2-5,8-9,13H,6,12H2,1H3. The molecule has 2 rings (SSSR count). The van der Waals surface area contributed by atoms with E-state index in [4.69, 9.17) is 5.73 Å². The van der Waals surface area contributed by atoms with E-state index in [1.54, 1.807) is 12.1 Å². The van der Waals surface area contributed by atoms with Gasteiger partial charge in [-0.3, -0.25) is 0 Å². The second kappa shape index (κ2) is 4.68. The lowest BCUT2D eigenvalue weighted by Gasteiger charge is -2.09. The monoisotopic (exact) mass is 270 g/mol. The van der Waals surface area contributed by atoms with Gasteiger partial charge in [0.2, 0.25) is 10.0 Å². The van der Waals surface area contributed by atoms with Gasteiger partial charge in [0, 0.05) is 12.1 Å². The van der Waals surface area contributed by atoms with Gasteiger partial charge in [-0.25, -0.2) is 17.9 Å². The van der Waals surface area contributed by atoms with Crippen LogP contribution in [0.2, 0.25) is 0 Å². The summed E-state index contributed by atoms with van der Waals surface area (Å²) in [4.78, 5) is 11.4. The molecule has 6 nitrogen and oxygen atoms in total. The van der Waals surface area contributed by atoms with Crippen LogP contribution in [0.3, 0.4) is 0 Å². The number of ether oxygens (including phenoxy) is 1. The Bertz CT molecular complexity index is 570. The third-order valence-corrected chi connectivity index (χ3v) is 4.28. The molecule has 1 aliphatic carbocycles. The molecule has 3 N–H and O–H groups in total. The minimum Gasteiger partial charge on any atom is -0.465 e. The molecule has 1 saturated carbocycles. The third-order valence-electron chi connectivity index (χ3n) is 2.73. The zero-order chi connectivity index (χ0) is 13.3. The molecule has 2 atom stereocenters. The predicted molar refractivity (Wildman–Crippen MR) is 64.5 cm³/mol. The van der Waals surface area contributed by atoms with Gasteiger partial charge in [-0.1, -0.05) is 12.1 Å². The molecule has 1 aromatic carbocycles. The molecule has 1 aromatic rings. The van der Waals surface area contributed by atoms with E-state index in [-0.39, 0.29) is 22.5 Å². The summed E-state index contributed by atoms with van der Waals surface area (Å²) in [6.45, 7) is 0. The van der Waals surface area contributed by atoms with Crippen LogP contribution in [0.15, 0.2) is 29.2 Å². The number of sulfonamides is 1. The molecule has 0 aliphatic heterocycles. The Morgan fingerprint density at radius 3 is 2.61 bits per heavy atom. The summed E-state index contributed by atoms with van der Waals surface area (Å²) in [6, 6.07) is 5.50. The van der Waals surface area contributed by atoms with E-state index in [1.165, 1.54) is 19.2 Å². The molecule has 2 unspecified atom stereocenters. The Kier molecular flexibility index (Phi) is 3.38. The SMILES string of the molecule is COC(=O)c1ccccc1S(=O)(=O)NC1CC1N. The number of methoxy groups -OCH3 is 1. The van der Waals surface area contributed by atoms with Crippen molar-refractivity contribution in [1.82, 2.24) is 4.72 Å². The summed E-state index contributed by atoms with van der Waals surface area (Å²) in [7, 11) is -2.54. The quantitative estimate of drug-likeness (QED) is 0.741. The minimum absolute atomic E-state index is 0.0155. The van der Waals surface area contributed by atoms with E-state index in [2.05, 4.69) is 9.46 Å². The largest absolute Gasteiger partial charge is 0.465 e. The zero-order valence-electron chi connectivity index (χ0n) is 9.79. The topological polar surface area (TPSA) is 98.5 Å². The molecule has 1 aliphatic rings. The molecular weight excluding hydrogens is 256 g/mol. The lowest BCUT2D eigenvalue weighted by molar-refractivity contribution is 0.0596. The molecule has 0 saturated heterocycles. The van der Waals surface area contributed by atoms with Crippen LogP contribution in [0.4, 0.5) is 0 Å². The highest BCUT2D eigenvalue weighted by molar-refractivity contribution is 7.89. The van der Waals surface area contributed by atoms with E-state index in [0.29, 0.717) is 6.42 Å². The highest BCUT2D eigenvalue weighted by Gasteiger charge is 2.38. The number of esters is 1. The summed E-state index contributed by atoms with van der Waals surface area (Å²) < 4.78 is 31.2. The van der Waals surface area contributed by atoms with Gasteiger partial charge < -0.3 is 10.5 Å². The average Bonchev–Trinajstić information content (AvgIpc) is 3.03. The summed E-state index contributed by atoms with van der Waals surface area (Å²) in [6.07, 6.45) is 0.611. The van der Waals surface area contributed by atoms with Gasteiger partial charge in [0.25, 0.3) is 0 Å². The molecule has 0 spiro atoms. The number of carbonyl (C=O) groups excluding carboxylic acids is 1. The van der Waals surface area contributed by atoms with Crippen LogP contribution >= 0.6 is 0 Å². The third kappa shape index (κ3) is 2.53. The van der Waals surface area contributed by atoms with Crippen molar-refractivity contribution < 1.29 is 17.9 Å². The van der Waals surface area contributed by atoms with Gasteiger partial charge in [0.1, 0.15) is 0 Å². The number of nitrogens with one attached hydrogen (secondary N) is 1. The van der Waals surface area contributed by atoms with Crippen molar-refractivity contribution >= 4 is 16.0 Å². The fourth-order valence-electron chi connectivity index (χ4n) is 1.59. The lowest BCUT2D eigenvalue weighted by Crippen LogP contribution is -2.31. The van der Waals surface area contributed by atoms with Gasteiger partial charge >= 0.3 is 5.97 Å². The molecular formula is C11H14N2O4S. The van der Waals surface area contributed by atoms with Crippen molar-refractivity contribution in [2.24, 2.45) is 5.73 Å². The van der Waals surface area contributed by atoms with Gasteiger partial charge in [-0.15, -0.1) is 0 Å². The minimum atomic E-state index is -3.75. The van der Waals surface area contributed by atoms with E-state index in [0.717, 1.165) is 0 Å². The number of carbonyl (C=O) groups is 1. The second-order valence-corrected chi connectivity index (χ2v) is 5.80. The van der Waals surface area contributed by atoms with Crippen molar-refractivity contribution in [2.45, 2.75) is 23.4 Å². The summed E-state index contributed by atoms with van der Waals surface area (Å²) in [5, 5.41) is 0. The van der Waals surface area contributed by atoms with Crippen LogP contribution in [-0.4, -0.2) is 33.6 Å². The fraction of sp³-hybridized carbons (Fsp3) is 0.364. The van der Waals surface area contributed by atoms with Crippen molar-refractivity contribution in [3.63, 3.8) is 0 Å². The molecule has 0 aromatic heterocycles. The van der Waals surface area contributed by atoms with Crippen LogP contribution < -0.4 is 10.5 Å². The van der Waals surface area contributed by atoms with Crippen molar-refractivity contribution in [3.8, 4) is 0 Å². The number of hydrogen-bond acceptors (Lipinski definition) is 5. The second-order valence-electron chi connectivity index (χ2n) is 4.12. The smallest absolute Gasteiger partial charge is 0.339 e. The molecule has 0 amide bonds. The van der Waals surface area contributed by atoms with E-state index in [1.807, 2.05) is 0 Å². The van der Waals surface area contributed by atoms with E-state index >= 15 is 0 Å². The first-order valence-electron chi connectivity index (χ1n) is 5.41. The average molecular weight is 270 g/mol. The first kappa shape index (κ1) is 13.0. The molecule has 0 bridgehead atoms. The molecule has 7 heteroatoms. The summed E-state index contributed by atoms with van der Waals surface area (Å²) >= 11 is 0. The number of hydrogen-bond donors (Lipinski definition) is 2. The number of rotatable bonds is 4. The Morgan fingerprint density at radius 1 is 1.44 bits per heavy atom. The molecule has 1 fully saturated rings. The Hall–Kier alpha value is -1.44. The Balaban J connectivity index is 2.35. The number of nitrogens with two attached hydrogens (primary N) is 1. The van der Waals surface area contributed by atoms with Crippen LogP contribution in [0, 0.1) is 0 Å². The summed E-state index contributed by atoms with van der Waals surface area (Å²) in [5.74, 6) is -0.684. The molecule has 0 radical (unpaired) electrons. The molecule has 0 heterocycles. The maximum absolute atomic E-state index is 12.1. The summed E-state index contributed by atoms with van der Waals surface area (Å²) in [5.41, 5.74) is 5.57. The van der Waals surface area contributed by atoms with Gasteiger partial charge in [0.15, 0.2) is 0 Å². The van der Waals surface area contributed by atoms with Crippen LogP contribution in [0.25, 0.3) is 0 Å². The Labute approximate surface area is 105 Å². The maximum Gasteiger partial charge on any atom is 0.339 e. The first-order chi connectivity index (χ1) is 8.45. The van der Waals surface area contributed by atoms with E-state index < -0.39 is 16.0 Å². The van der Waals surface area contributed by atoms with E-state index in [9.17, 15) is 13.2 Å². The van der Waals surface area contributed by atoms with Crippen LogP contribution in [0.1, 0.15) is 16.8 Å².